The van der Waals surface area contributed by atoms with E-state index in [-0.39, 0.29) is 5.82 Å². The highest BCUT2D eigenvalue weighted by Crippen LogP contribution is 2.23. The zero-order valence-electron chi connectivity index (χ0n) is 11.2. The van der Waals surface area contributed by atoms with Gasteiger partial charge in [-0.15, -0.1) is 11.8 Å². The standard InChI is InChI=1S/C16H18FNS/c1-12-7-8-16(13(2)11-12)19-10-9-18-15-6-4-3-5-14(15)17/h3-8,11,18H,9-10H2,1-2H3. The molecule has 1 nitrogen and oxygen atoms in total. The molecule has 0 fully saturated rings. The molecule has 1 N–H and O–H groups in total. The number of hydrogen-bond donors (Lipinski definition) is 1. The van der Waals surface area contributed by atoms with Gasteiger partial charge in [-0.1, -0.05) is 29.8 Å². The number of benzene rings is 2. The fraction of sp³-hybridized carbons (Fsp3) is 0.250. The smallest absolute Gasteiger partial charge is 0.146 e. The van der Waals surface area contributed by atoms with E-state index < -0.39 is 0 Å². The van der Waals surface area contributed by atoms with Gasteiger partial charge < -0.3 is 5.32 Å². The Bertz CT molecular complexity index is 554. The molecule has 0 unspecified atom stereocenters. The SMILES string of the molecule is Cc1ccc(SCCNc2ccccc2F)c(C)c1. The Morgan fingerprint density at radius 2 is 1.89 bits per heavy atom. The van der Waals surface area contributed by atoms with Crippen LogP contribution in [-0.2, 0) is 0 Å². The van der Waals surface area contributed by atoms with Gasteiger partial charge >= 0.3 is 0 Å². The maximum absolute atomic E-state index is 13.4. The van der Waals surface area contributed by atoms with Gasteiger partial charge in [-0.25, -0.2) is 4.39 Å². The van der Waals surface area contributed by atoms with Crippen molar-refractivity contribution in [1.29, 1.82) is 0 Å². The van der Waals surface area contributed by atoms with Crippen molar-refractivity contribution in [3.8, 4) is 0 Å². The molecule has 0 spiro atoms. The predicted molar refractivity (Wildman–Crippen MR) is 81.5 cm³/mol. The van der Waals surface area contributed by atoms with E-state index in [1.54, 1.807) is 23.9 Å². The first-order valence-electron chi connectivity index (χ1n) is 6.35. The van der Waals surface area contributed by atoms with Crippen LogP contribution >= 0.6 is 11.8 Å². The fourth-order valence-corrected chi connectivity index (χ4v) is 2.79. The van der Waals surface area contributed by atoms with Gasteiger partial charge in [0.2, 0.25) is 0 Å². The van der Waals surface area contributed by atoms with Crippen LogP contribution in [0, 0.1) is 19.7 Å². The second-order valence-electron chi connectivity index (χ2n) is 4.52. The van der Waals surface area contributed by atoms with Gasteiger partial charge in [-0.2, -0.15) is 0 Å². The van der Waals surface area contributed by atoms with E-state index in [0.717, 1.165) is 12.3 Å². The maximum atomic E-state index is 13.4. The van der Waals surface area contributed by atoms with Crippen LogP contribution in [0.5, 0.6) is 0 Å². The molecule has 0 amide bonds. The van der Waals surface area contributed by atoms with Crippen LogP contribution < -0.4 is 5.32 Å². The summed E-state index contributed by atoms with van der Waals surface area (Å²) in [5.74, 6) is 0.720. The van der Waals surface area contributed by atoms with Crippen LogP contribution in [0.3, 0.4) is 0 Å². The number of anilines is 1. The molecule has 0 aliphatic heterocycles. The average molecular weight is 275 g/mol. The van der Waals surface area contributed by atoms with Crippen molar-refractivity contribution in [2.24, 2.45) is 0 Å². The molecule has 0 aliphatic carbocycles. The monoisotopic (exact) mass is 275 g/mol. The third kappa shape index (κ3) is 4.00. The van der Waals surface area contributed by atoms with Crippen LogP contribution in [0.25, 0.3) is 0 Å². The summed E-state index contributed by atoms with van der Waals surface area (Å²) in [6.45, 7) is 4.97. The van der Waals surface area contributed by atoms with Gasteiger partial charge in [0.05, 0.1) is 5.69 Å². The Balaban J connectivity index is 1.83. The Kier molecular flexibility index (Phi) is 4.86. The van der Waals surface area contributed by atoms with Gasteiger partial charge in [0.15, 0.2) is 0 Å². The minimum Gasteiger partial charge on any atom is -0.382 e. The quantitative estimate of drug-likeness (QED) is 0.630. The highest BCUT2D eigenvalue weighted by Gasteiger charge is 2.01. The van der Waals surface area contributed by atoms with Crippen LogP contribution in [-0.4, -0.2) is 12.3 Å². The minimum absolute atomic E-state index is 0.195. The van der Waals surface area contributed by atoms with Gasteiger partial charge in [0.25, 0.3) is 0 Å². The molecule has 2 aromatic carbocycles. The van der Waals surface area contributed by atoms with Crippen molar-refractivity contribution in [2.75, 3.05) is 17.6 Å². The molecule has 0 radical (unpaired) electrons. The lowest BCUT2D eigenvalue weighted by Crippen LogP contribution is -2.05. The molecule has 0 saturated heterocycles. The number of rotatable bonds is 5. The largest absolute Gasteiger partial charge is 0.382 e. The Morgan fingerprint density at radius 3 is 2.63 bits per heavy atom. The van der Waals surface area contributed by atoms with E-state index >= 15 is 0 Å². The number of thioether (sulfide) groups is 1. The Morgan fingerprint density at radius 1 is 1.11 bits per heavy atom. The molecule has 100 valence electrons. The van der Waals surface area contributed by atoms with Crippen molar-refractivity contribution in [3.63, 3.8) is 0 Å². The summed E-state index contributed by atoms with van der Waals surface area (Å²) in [7, 11) is 0. The summed E-state index contributed by atoms with van der Waals surface area (Å²) >= 11 is 1.80. The topological polar surface area (TPSA) is 12.0 Å². The fourth-order valence-electron chi connectivity index (χ4n) is 1.91. The molecule has 2 aromatic rings. The van der Waals surface area contributed by atoms with Crippen molar-refractivity contribution in [3.05, 3.63) is 59.4 Å². The molecule has 0 atom stereocenters. The van der Waals surface area contributed by atoms with Crippen LogP contribution in [0.2, 0.25) is 0 Å². The van der Waals surface area contributed by atoms with Gasteiger partial charge in [-0.3, -0.25) is 0 Å². The third-order valence-corrected chi connectivity index (χ3v) is 4.06. The normalized spacial score (nSPS) is 10.5. The zero-order valence-corrected chi connectivity index (χ0v) is 12.1. The highest BCUT2D eigenvalue weighted by molar-refractivity contribution is 7.99. The summed E-state index contributed by atoms with van der Waals surface area (Å²) in [5.41, 5.74) is 3.16. The second-order valence-corrected chi connectivity index (χ2v) is 5.66. The summed E-state index contributed by atoms with van der Waals surface area (Å²) in [4.78, 5) is 1.29. The number of halogens is 1. The van der Waals surface area contributed by atoms with Crippen molar-refractivity contribution in [2.45, 2.75) is 18.7 Å². The molecule has 0 saturated carbocycles. The van der Waals surface area contributed by atoms with E-state index in [4.69, 9.17) is 0 Å². The van der Waals surface area contributed by atoms with E-state index in [9.17, 15) is 4.39 Å². The summed E-state index contributed by atoms with van der Waals surface area (Å²) < 4.78 is 13.4. The third-order valence-electron chi connectivity index (χ3n) is 2.88. The zero-order chi connectivity index (χ0) is 13.7. The summed E-state index contributed by atoms with van der Waals surface area (Å²) in [5, 5.41) is 3.12. The van der Waals surface area contributed by atoms with E-state index in [2.05, 4.69) is 37.4 Å². The van der Waals surface area contributed by atoms with Crippen molar-refractivity contribution < 1.29 is 4.39 Å². The summed E-state index contributed by atoms with van der Waals surface area (Å²) in [6.07, 6.45) is 0. The minimum atomic E-state index is -0.195. The molecule has 19 heavy (non-hydrogen) atoms. The van der Waals surface area contributed by atoms with Crippen molar-refractivity contribution >= 4 is 17.4 Å². The van der Waals surface area contributed by atoms with Crippen LogP contribution in [0.15, 0.2) is 47.4 Å². The number of hydrogen-bond acceptors (Lipinski definition) is 2. The molecule has 0 aliphatic rings. The van der Waals surface area contributed by atoms with Crippen molar-refractivity contribution in [1.82, 2.24) is 0 Å². The molecular formula is C16H18FNS. The number of aryl methyl sites for hydroxylation is 2. The lowest BCUT2D eigenvalue weighted by molar-refractivity contribution is 0.630. The first kappa shape index (κ1) is 13.9. The highest BCUT2D eigenvalue weighted by atomic mass is 32.2. The number of nitrogens with one attached hydrogen (secondary N) is 1. The first-order chi connectivity index (χ1) is 9.16. The maximum Gasteiger partial charge on any atom is 0.146 e. The van der Waals surface area contributed by atoms with Gasteiger partial charge in [0, 0.05) is 17.2 Å². The van der Waals surface area contributed by atoms with Gasteiger partial charge in [0.1, 0.15) is 5.82 Å². The van der Waals surface area contributed by atoms with Crippen LogP contribution in [0.1, 0.15) is 11.1 Å². The molecular weight excluding hydrogens is 257 g/mol. The predicted octanol–water partition coefficient (Wildman–Crippen LogP) is 4.65. The van der Waals surface area contributed by atoms with E-state index in [1.807, 2.05) is 6.07 Å². The Labute approximate surface area is 118 Å². The second kappa shape index (κ2) is 6.62. The first-order valence-corrected chi connectivity index (χ1v) is 7.34. The molecule has 0 heterocycles. The molecule has 3 heteroatoms. The Hall–Kier alpha value is -1.48. The summed E-state index contributed by atoms with van der Waals surface area (Å²) in [6, 6.07) is 13.2. The van der Waals surface area contributed by atoms with Crippen LogP contribution in [0.4, 0.5) is 10.1 Å². The number of para-hydroxylation sites is 1. The van der Waals surface area contributed by atoms with E-state index in [1.165, 1.54) is 22.1 Å². The van der Waals surface area contributed by atoms with E-state index in [0.29, 0.717) is 5.69 Å². The van der Waals surface area contributed by atoms with Gasteiger partial charge in [-0.05, 0) is 37.6 Å². The lowest BCUT2D eigenvalue weighted by atomic mass is 10.2. The average Bonchev–Trinajstić information content (AvgIpc) is 2.38. The molecule has 0 aromatic heterocycles. The molecule has 0 bridgehead atoms. The molecule has 2 rings (SSSR count). The lowest BCUT2D eigenvalue weighted by Gasteiger charge is -2.09.